The highest BCUT2D eigenvalue weighted by Gasteiger charge is 2.30. The van der Waals surface area contributed by atoms with Crippen molar-refractivity contribution in [2.75, 3.05) is 0 Å². The summed E-state index contributed by atoms with van der Waals surface area (Å²) < 4.78 is 66.4. The van der Waals surface area contributed by atoms with E-state index in [1.807, 2.05) is 19.1 Å². The Labute approximate surface area is 165 Å². The molecule has 0 aliphatic carbocycles. The quantitative estimate of drug-likeness (QED) is 0.308. The molecule has 0 bridgehead atoms. The summed E-state index contributed by atoms with van der Waals surface area (Å²) in [7, 11) is 0. The molecule has 0 unspecified atom stereocenters. The minimum Gasteiger partial charge on any atom is -0.206 e. The van der Waals surface area contributed by atoms with Gasteiger partial charge in [0, 0.05) is 11.1 Å². The molecule has 0 aliphatic heterocycles. The van der Waals surface area contributed by atoms with E-state index in [1.165, 1.54) is 12.2 Å². The molecule has 0 aliphatic rings. The molecule has 0 atom stereocenters. The van der Waals surface area contributed by atoms with E-state index in [0.717, 1.165) is 29.8 Å². The van der Waals surface area contributed by atoms with Crippen LogP contribution in [0.3, 0.4) is 0 Å². The normalized spacial score (nSPS) is 12.9. The van der Waals surface area contributed by atoms with Crippen LogP contribution >= 0.6 is 0 Å². The van der Waals surface area contributed by atoms with Gasteiger partial charge in [-0.1, -0.05) is 66.2 Å². The van der Waals surface area contributed by atoms with E-state index in [0.29, 0.717) is 16.7 Å². The van der Waals surface area contributed by atoms with Gasteiger partial charge in [-0.15, -0.1) is 0 Å². The van der Waals surface area contributed by atoms with Gasteiger partial charge in [-0.05, 0) is 42.3 Å². The fourth-order valence-corrected chi connectivity index (χ4v) is 2.68. The minimum atomic E-state index is -4.46. The van der Waals surface area contributed by atoms with Gasteiger partial charge < -0.3 is 0 Å². The molecule has 3 aromatic rings. The zero-order valence-corrected chi connectivity index (χ0v) is 15.5. The second kappa shape index (κ2) is 8.43. The highest BCUT2D eigenvalue weighted by atomic mass is 19.4. The van der Waals surface area contributed by atoms with E-state index in [1.54, 1.807) is 36.4 Å². The maximum Gasteiger partial charge on any atom is 0.416 e. The first-order valence-electron chi connectivity index (χ1n) is 8.81. The molecule has 0 fully saturated rings. The molecule has 0 N–H and O–H groups in total. The van der Waals surface area contributed by atoms with Crippen LogP contribution in [0.15, 0.2) is 72.8 Å². The Kier molecular flexibility index (Phi) is 5.97. The van der Waals surface area contributed by atoms with Crippen LogP contribution in [0.25, 0.3) is 23.8 Å². The third kappa shape index (κ3) is 5.41. The molecule has 3 aromatic carbocycles. The molecule has 0 heterocycles. The third-order valence-corrected chi connectivity index (χ3v) is 4.34. The molecule has 0 radical (unpaired) electrons. The van der Waals surface area contributed by atoms with Crippen LogP contribution in [-0.2, 0) is 6.18 Å². The zero-order valence-electron chi connectivity index (χ0n) is 15.5. The fraction of sp³-hybridized carbons (Fsp3) is 0.0833. The molecular formula is C24H17F5. The monoisotopic (exact) mass is 400 g/mol. The van der Waals surface area contributed by atoms with E-state index in [4.69, 9.17) is 0 Å². The van der Waals surface area contributed by atoms with E-state index >= 15 is 0 Å². The van der Waals surface area contributed by atoms with E-state index in [9.17, 15) is 22.0 Å². The maximum absolute atomic E-state index is 14.3. The lowest BCUT2D eigenvalue weighted by Crippen LogP contribution is -2.04. The standard InChI is InChI=1S/C24H17F5/c1-16-2-8-19(9-3-16)22(25)14-17-4-6-18(7-5-17)15-23(26)20-10-12-21(13-11-20)24(27,28)29/h2-15H,1H3/b22-14-,23-15-. The van der Waals surface area contributed by atoms with E-state index < -0.39 is 17.6 Å². The van der Waals surface area contributed by atoms with E-state index in [-0.39, 0.29) is 11.4 Å². The van der Waals surface area contributed by atoms with Crippen molar-refractivity contribution < 1.29 is 22.0 Å². The molecule has 0 aromatic heterocycles. The maximum atomic E-state index is 14.3. The first-order valence-corrected chi connectivity index (χ1v) is 8.81. The van der Waals surface area contributed by atoms with Crippen molar-refractivity contribution in [3.63, 3.8) is 0 Å². The molecule has 148 valence electrons. The largest absolute Gasteiger partial charge is 0.416 e. The van der Waals surface area contributed by atoms with Crippen molar-refractivity contribution in [1.29, 1.82) is 0 Å². The Balaban J connectivity index is 1.75. The molecule has 0 nitrogen and oxygen atoms in total. The van der Waals surface area contributed by atoms with Crippen molar-refractivity contribution in [3.8, 4) is 0 Å². The Morgan fingerprint density at radius 1 is 0.621 bits per heavy atom. The number of aryl methyl sites for hydroxylation is 1. The molecular weight excluding hydrogens is 383 g/mol. The number of halogens is 5. The van der Waals surface area contributed by atoms with Gasteiger partial charge in [0.15, 0.2) is 0 Å². The molecule has 0 saturated carbocycles. The van der Waals surface area contributed by atoms with Gasteiger partial charge in [0.2, 0.25) is 0 Å². The summed E-state index contributed by atoms with van der Waals surface area (Å²) in [6.07, 6.45) is -1.87. The van der Waals surface area contributed by atoms with Crippen molar-refractivity contribution in [1.82, 2.24) is 0 Å². The van der Waals surface area contributed by atoms with Crippen LogP contribution < -0.4 is 0 Å². The van der Waals surface area contributed by atoms with Crippen LogP contribution in [0, 0.1) is 6.92 Å². The number of rotatable bonds is 4. The topological polar surface area (TPSA) is 0 Å². The average Bonchev–Trinajstić information content (AvgIpc) is 2.69. The van der Waals surface area contributed by atoms with Crippen LogP contribution in [-0.4, -0.2) is 0 Å². The summed E-state index contributed by atoms with van der Waals surface area (Å²) >= 11 is 0. The van der Waals surface area contributed by atoms with Crippen LogP contribution in [0.2, 0.25) is 0 Å². The first-order chi connectivity index (χ1) is 13.7. The van der Waals surface area contributed by atoms with Gasteiger partial charge in [-0.3, -0.25) is 0 Å². The Hall–Kier alpha value is -3.21. The molecule has 0 amide bonds. The molecule has 3 rings (SSSR count). The molecule has 5 heteroatoms. The number of alkyl halides is 3. The lowest BCUT2D eigenvalue weighted by atomic mass is 10.1. The summed E-state index contributed by atoms with van der Waals surface area (Å²) in [5, 5.41) is 0. The Morgan fingerprint density at radius 3 is 1.38 bits per heavy atom. The van der Waals surface area contributed by atoms with Crippen molar-refractivity contribution in [2.24, 2.45) is 0 Å². The van der Waals surface area contributed by atoms with Crippen molar-refractivity contribution >= 4 is 23.8 Å². The predicted octanol–water partition coefficient (Wildman–Crippen LogP) is 7.95. The second-order valence-corrected chi connectivity index (χ2v) is 6.59. The summed E-state index contributed by atoms with van der Waals surface area (Å²) in [6, 6.07) is 17.4. The number of hydrogen-bond acceptors (Lipinski definition) is 0. The summed E-state index contributed by atoms with van der Waals surface area (Å²) in [5.41, 5.74) is 1.83. The average molecular weight is 400 g/mol. The highest BCUT2D eigenvalue weighted by molar-refractivity contribution is 5.79. The van der Waals surface area contributed by atoms with E-state index in [2.05, 4.69) is 0 Å². The first kappa shape index (κ1) is 20.5. The molecule has 29 heavy (non-hydrogen) atoms. The van der Waals surface area contributed by atoms with Crippen LogP contribution in [0.5, 0.6) is 0 Å². The summed E-state index contributed by atoms with van der Waals surface area (Å²) in [4.78, 5) is 0. The van der Waals surface area contributed by atoms with Gasteiger partial charge in [-0.2, -0.15) is 13.2 Å². The predicted molar refractivity (Wildman–Crippen MR) is 107 cm³/mol. The Morgan fingerprint density at radius 2 is 1.00 bits per heavy atom. The number of hydrogen-bond donors (Lipinski definition) is 0. The smallest absolute Gasteiger partial charge is 0.206 e. The number of benzene rings is 3. The SMILES string of the molecule is Cc1ccc(/C(F)=C/c2ccc(/C=C(\F)c3ccc(C(F)(F)F)cc3)cc2)cc1. The van der Waals surface area contributed by atoms with Crippen molar-refractivity contribution in [2.45, 2.75) is 13.1 Å². The Bertz CT molecular complexity index is 1020. The lowest BCUT2D eigenvalue weighted by molar-refractivity contribution is -0.137. The second-order valence-electron chi connectivity index (χ2n) is 6.59. The van der Waals surface area contributed by atoms with Crippen molar-refractivity contribution in [3.05, 3.63) is 106 Å². The van der Waals surface area contributed by atoms with Crippen LogP contribution in [0.1, 0.15) is 33.4 Å². The molecule has 0 saturated heterocycles. The van der Waals surface area contributed by atoms with Gasteiger partial charge >= 0.3 is 6.18 Å². The third-order valence-electron chi connectivity index (χ3n) is 4.34. The summed E-state index contributed by atoms with van der Waals surface area (Å²) in [6.45, 7) is 1.92. The van der Waals surface area contributed by atoms with Gasteiger partial charge in [0.05, 0.1) is 5.56 Å². The zero-order chi connectivity index (χ0) is 21.0. The molecule has 0 spiro atoms. The summed E-state index contributed by atoms with van der Waals surface area (Å²) in [5.74, 6) is -1.04. The van der Waals surface area contributed by atoms with Gasteiger partial charge in [0.1, 0.15) is 11.7 Å². The fourth-order valence-electron chi connectivity index (χ4n) is 2.68. The lowest BCUT2D eigenvalue weighted by Gasteiger charge is -2.07. The van der Waals surface area contributed by atoms with Gasteiger partial charge in [-0.25, -0.2) is 8.78 Å². The minimum absolute atomic E-state index is 0.0485. The van der Waals surface area contributed by atoms with Crippen LogP contribution in [0.4, 0.5) is 22.0 Å². The highest BCUT2D eigenvalue weighted by Crippen LogP contribution is 2.30. The van der Waals surface area contributed by atoms with Gasteiger partial charge in [0.25, 0.3) is 0 Å².